The van der Waals surface area contributed by atoms with Gasteiger partial charge >= 0.3 is 5.97 Å². The molecular formula is C22H25NO7. The molecule has 1 aliphatic heterocycles. The van der Waals surface area contributed by atoms with Crippen molar-refractivity contribution in [2.75, 3.05) is 6.61 Å². The lowest BCUT2D eigenvalue weighted by molar-refractivity contribution is -0.384. The molecule has 0 aromatic heterocycles. The van der Waals surface area contributed by atoms with Gasteiger partial charge in [-0.05, 0) is 51.0 Å². The summed E-state index contributed by atoms with van der Waals surface area (Å²) < 4.78 is 17.5. The Kier molecular flexibility index (Phi) is 5.72. The number of carbonyl (C=O) groups is 1. The minimum atomic E-state index is -0.826. The average Bonchev–Trinajstić information content (AvgIpc) is 2.67. The predicted molar refractivity (Wildman–Crippen MR) is 109 cm³/mol. The van der Waals surface area contributed by atoms with E-state index in [2.05, 4.69) is 0 Å². The third-order valence-electron chi connectivity index (χ3n) is 5.38. The average molecular weight is 415 g/mol. The Morgan fingerprint density at radius 3 is 2.43 bits per heavy atom. The van der Waals surface area contributed by atoms with Crippen LogP contribution < -0.4 is 14.2 Å². The number of non-ortho nitro benzene ring substituents is 1. The molecule has 2 aromatic carbocycles. The lowest BCUT2D eigenvalue weighted by atomic mass is 9.85. The number of ether oxygens (including phenoxy) is 3. The van der Waals surface area contributed by atoms with Crippen LogP contribution >= 0.6 is 0 Å². The van der Waals surface area contributed by atoms with Gasteiger partial charge < -0.3 is 19.3 Å². The molecule has 8 heteroatoms. The Bertz CT molecular complexity index is 1000. The third kappa shape index (κ3) is 4.09. The zero-order chi connectivity index (χ0) is 22.2. The molecule has 3 rings (SSSR count). The molecule has 0 saturated heterocycles. The highest BCUT2D eigenvalue weighted by Gasteiger charge is 2.40. The minimum Gasteiger partial charge on any atom is -0.489 e. The van der Waals surface area contributed by atoms with Gasteiger partial charge in [0.15, 0.2) is 0 Å². The number of nitro benzene ring substituents is 1. The van der Waals surface area contributed by atoms with Gasteiger partial charge in [-0.2, -0.15) is 0 Å². The van der Waals surface area contributed by atoms with Gasteiger partial charge in [-0.1, -0.05) is 0 Å². The van der Waals surface area contributed by atoms with Crippen molar-refractivity contribution in [3.05, 3.63) is 56.6 Å². The Labute approximate surface area is 174 Å². The number of hydrogen-bond acceptors (Lipinski definition) is 7. The molecule has 30 heavy (non-hydrogen) atoms. The molecule has 0 fully saturated rings. The molecule has 2 unspecified atom stereocenters. The number of carbonyl (C=O) groups excluding carboxylic acids is 1. The van der Waals surface area contributed by atoms with E-state index < -0.39 is 22.6 Å². The largest absolute Gasteiger partial charge is 0.489 e. The van der Waals surface area contributed by atoms with E-state index in [1.807, 2.05) is 20.8 Å². The standard InChI is InChI=1S/C22H25NO7/c1-12-13(2)21-19(14(3)20(12)29-15(4)24)18(25)10-22(5,30-21)11-28-17-8-6-16(7-9-17)23(26)27/h6-9,18,25H,10-11H2,1-5H3. The van der Waals surface area contributed by atoms with Crippen molar-refractivity contribution in [2.24, 2.45) is 0 Å². The first-order valence-corrected chi connectivity index (χ1v) is 9.59. The van der Waals surface area contributed by atoms with Crippen molar-refractivity contribution >= 4 is 11.7 Å². The van der Waals surface area contributed by atoms with Crippen molar-refractivity contribution in [3.63, 3.8) is 0 Å². The van der Waals surface area contributed by atoms with E-state index >= 15 is 0 Å². The number of hydrogen-bond donors (Lipinski definition) is 1. The second kappa shape index (κ2) is 7.95. The summed E-state index contributed by atoms with van der Waals surface area (Å²) in [5.74, 6) is 1.06. The molecule has 0 radical (unpaired) electrons. The fourth-order valence-electron chi connectivity index (χ4n) is 3.73. The highest BCUT2D eigenvalue weighted by atomic mass is 16.6. The highest BCUT2D eigenvalue weighted by molar-refractivity contribution is 5.72. The fraction of sp³-hybridized carbons (Fsp3) is 0.409. The van der Waals surface area contributed by atoms with Gasteiger partial charge in [0.25, 0.3) is 5.69 Å². The minimum absolute atomic E-state index is 0.0167. The molecule has 1 aliphatic rings. The Morgan fingerprint density at radius 2 is 1.87 bits per heavy atom. The first-order chi connectivity index (χ1) is 14.0. The van der Waals surface area contributed by atoms with Gasteiger partial charge in [0.05, 0.1) is 11.0 Å². The van der Waals surface area contributed by atoms with Crippen LogP contribution in [0.3, 0.4) is 0 Å². The van der Waals surface area contributed by atoms with Gasteiger partial charge in [-0.15, -0.1) is 0 Å². The van der Waals surface area contributed by atoms with Crippen LogP contribution in [0, 0.1) is 30.9 Å². The molecule has 8 nitrogen and oxygen atoms in total. The summed E-state index contributed by atoms with van der Waals surface area (Å²) in [6.45, 7) is 8.82. The van der Waals surface area contributed by atoms with Crippen LogP contribution in [0.25, 0.3) is 0 Å². The number of aliphatic hydroxyl groups is 1. The Morgan fingerprint density at radius 1 is 1.23 bits per heavy atom. The molecule has 1 heterocycles. The van der Waals surface area contributed by atoms with Gasteiger partial charge in [-0.25, -0.2) is 0 Å². The van der Waals surface area contributed by atoms with Crippen LogP contribution in [0.5, 0.6) is 17.2 Å². The number of benzene rings is 2. The van der Waals surface area contributed by atoms with Crippen LogP contribution in [0.2, 0.25) is 0 Å². The summed E-state index contributed by atoms with van der Waals surface area (Å²) in [6.07, 6.45) is -0.552. The van der Waals surface area contributed by atoms with E-state index in [1.165, 1.54) is 31.2 Å². The number of aliphatic hydroxyl groups excluding tert-OH is 1. The van der Waals surface area contributed by atoms with Crippen LogP contribution in [0.1, 0.15) is 48.6 Å². The number of rotatable bonds is 5. The SMILES string of the molecule is CC(=O)Oc1c(C)c(C)c2c(c1C)C(O)CC(C)(COc1ccc([N+](=O)[O-])cc1)O2. The van der Waals surface area contributed by atoms with E-state index in [0.717, 1.165) is 11.1 Å². The zero-order valence-corrected chi connectivity index (χ0v) is 17.6. The van der Waals surface area contributed by atoms with Gasteiger partial charge in [0.1, 0.15) is 29.5 Å². The number of fused-ring (bicyclic) bond motifs is 1. The molecule has 0 amide bonds. The predicted octanol–water partition coefficient (Wildman–Crippen LogP) is 4.10. The molecule has 0 saturated carbocycles. The summed E-state index contributed by atoms with van der Waals surface area (Å²) in [7, 11) is 0. The lowest BCUT2D eigenvalue weighted by Gasteiger charge is -2.40. The van der Waals surface area contributed by atoms with E-state index in [9.17, 15) is 20.0 Å². The quantitative estimate of drug-likeness (QED) is 0.339. The lowest BCUT2D eigenvalue weighted by Crippen LogP contribution is -2.44. The van der Waals surface area contributed by atoms with Gasteiger partial charge in [0.2, 0.25) is 0 Å². The summed E-state index contributed by atoms with van der Waals surface area (Å²) in [5.41, 5.74) is 2.01. The van der Waals surface area contributed by atoms with Crippen LogP contribution in [-0.2, 0) is 4.79 Å². The van der Waals surface area contributed by atoms with Crippen LogP contribution in [0.15, 0.2) is 24.3 Å². The van der Waals surface area contributed by atoms with E-state index in [0.29, 0.717) is 28.4 Å². The van der Waals surface area contributed by atoms with Crippen molar-refractivity contribution in [2.45, 2.75) is 52.7 Å². The number of esters is 1. The maximum atomic E-state index is 11.5. The van der Waals surface area contributed by atoms with Crippen molar-refractivity contribution < 1.29 is 29.0 Å². The summed E-state index contributed by atoms with van der Waals surface area (Å²) in [4.78, 5) is 21.8. The Hall–Kier alpha value is -3.13. The van der Waals surface area contributed by atoms with Crippen LogP contribution in [0.4, 0.5) is 5.69 Å². The Balaban J connectivity index is 1.86. The molecule has 2 aromatic rings. The monoisotopic (exact) mass is 415 g/mol. The van der Waals surface area contributed by atoms with E-state index in [-0.39, 0.29) is 18.7 Å². The normalized spacial score (nSPS) is 20.1. The fourth-order valence-corrected chi connectivity index (χ4v) is 3.73. The van der Waals surface area contributed by atoms with Gasteiger partial charge in [0, 0.05) is 36.6 Å². The molecule has 160 valence electrons. The van der Waals surface area contributed by atoms with Crippen molar-refractivity contribution in [3.8, 4) is 17.2 Å². The van der Waals surface area contributed by atoms with E-state index in [1.54, 1.807) is 6.92 Å². The summed E-state index contributed by atoms with van der Waals surface area (Å²) in [5, 5.41) is 21.7. The molecule has 0 aliphatic carbocycles. The second-order valence-electron chi connectivity index (χ2n) is 7.85. The smallest absolute Gasteiger partial charge is 0.308 e. The zero-order valence-electron chi connectivity index (χ0n) is 17.6. The van der Waals surface area contributed by atoms with Crippen LogP contribution in [-0.4, -0.2) is 28.2 Å². The summed E-state index contributed by atoms with van der Waals surface area (Å²) in [6, 6.07) is 5.80. The summed E-state index contributed by atoms with van der Waals surface area (Å²) >= 11 is 0. The van der Waals surface area contributed by atoms with E-state index in [4.69, 9.17) is 14.2 Å². The molecule has 0 bridgehead atoms. The molecule has 0 spiro atoms. The van der Waals surface area contributed by atoms with Gasteiger partial charge in [-0.3, -0.25) is 14.9 Å². The first-order valence-electron chi connectivity index (χ1n) is 9.59. The topological polar surface area (TPSA) is 108 Å². The molecule has 1 N–H and O–H groups in total. The third-order valence-corrected chi connectivity index (χ3v) is 5.38. The highest BCUT2D eigenvalue weighted by Crippen LogP contribution is 2.48. The maximum Gasteiger partial charge on any atom is 0.308 e. The number of nitro groups is 1. The molecule has 2 atom stereocenters. The van der Waals surface area contributed by atoms with Crippen molar-refractivity contribution in [1.29, 1.82) is 0 Å². The second-order valence-corrected chi connectivity index (χ2v) is 7.85. The van der Waals surface area contributed by atoms with Crippen molar-refractivity contribution in [1.82, 2.24) is 0 Å². The molecular weight excluding hydrogens is 390 g/mol. The maximum absolute atomic E-state index is 11.5. The number of nitrogens with zero attached hydrogens (tertiary/aromatic N) is 1. The first kappa shape index (κ1) is 21.6.